The number of carbonyl (C=O) groups is 1. The van der Waals surface area contributed by atoms with E-state index in [0.29, 0.717) is 5.70 Å². The van der Waals surface area contributed by atoms with E-state index in [-0.39, 0.29) is 5.56 Å². The van der Waals surface area contributed by atoms with Crippen molar-refractivity contribution >= 4 is 35.0 Å². The molecule has 0 atom stereocenters. The summed E-state index contributed by atoms with van der Waals surface area (Å²) in [5.41, 5.74) is 13.4. The van der Waals surface area contributed by atoms with Gasteiger partial charge in [0.15, 0.2) is 0 Å². The summed E-state index contributed by atoms with van der Waals surface area (Å²) in [5, 5.41) is 9.35. The van der Waals surface area contributed by atoms with Gasteiger partial charge < -0.3 is 25.9 Å². The van der Waals surface area contributed by atoms with Gasteiger partial charge in [0.1, 0.15) is 0 Å². The molecule has 8 heteroatoms. The fourth-order valence-electron chi connectivity index (χ4n) is 3.57. The number of benzene rings is 2. The molecule has 7 nitrogen and oxygen atoms in total. The second-order valence-electron chi connectivity index (χ2n) is 7.23. The van der Waals surface area contributed by atoms with Crippen molar-refractivity contribution in [2.75, 3.05) is 22.7 Å². The topological polar surface area (TPSA) is 117 Å². The molecule has 160 valence electrons. The minimum atomic E-state index is -0.928. The Morgan fingerprint density at radius 2 is 1.90 bits per heavy atom. The zero-order valence-corrected chi connectivity index (χ0v) is 18.0. The van der Waals surface area contributed by atoms with E-state index >= 15 is 0 Å². The molecule has 0 radical (unpaired) electrons. The van der Waals surface area contributed by atoms with Gasteiger partial charge in [-0.2, -0.15) is 0 Å². The van der Waals surface area contributed by atoms with E-state index in [9.17, 15) is 9.90 Å². The van der Waals surface area contributed by atoms with Gasteiger partial charge in [0.25, 0.3) is 0 Å². The van der Waals surface area contributed by atoms with E-state index in [4.69, 9.17) is 11.6 Å². The summed E-state index contributed by atoms with van der Waals surface area (Å²) in [6.45, 7) is 4.09. The maximum Gasteiger partial charge on any atom is 0.335 e. The lowest BCUT2D eigenvalue weighted by Gasteiger charge is -2.31. The molecule has 7 N–H and O–H groups in total. The molecular formula is C22H29N5O2S. The number of aromatic carboxylic acids is 1. The van der Waals surface area contributed by atoms with Crippen LogP contribution in [0.25, 0.3) is 5.70 Å². The Morgan fingerprint density at radius 3 is 2.57 bits per heavy atom. The Balaban J connectivity index is 1.92. The molecule has 0 amide bonds. The molecule has 1 fully saturated rings. The highest BCUT2D eigenvalue weighted by Gasteiger charge is 2.16. The number of carboxylic acid groups (broad SMARTS) is 1. The first-order valence-corrected chi connectivity index (χ1v) is 10.9. The van der Waals surface area contributed by atoms with Crippen molar-refractivity contribution in [1.82, 2.24) is 5.43 Å². The Morgan fingerprint density at radius 1 is 1.17 bits per heavy atom. The van der Waals surface area contributed by atoms with E-state index in [0.717, 1.165) is 46.9 Å². The van der Waals surface area contributed by atoms with Crippen LogP contribution in [-0.2, 0) is 6.42 Å². The zero-order chi connectivity index (χ0) is 21.5. The third-order valence-corrected chi connectivity index (χ3v) is 6.15. The van der Waals surface area contributed by atoms with Crippen LogP contribution in [0.1, 0.15) is 47.7 Å². The first kappa shape index (κ1) is 21.9. The summed E-state index contributed by atoms with van der Waals surface area (Å²) < 4.78 is 3.45. The zero-order valence-electron chi connectivity index (χ0n) is 17.1. The summed E-state index contributed by atoms with van der Waals surface area (Å²) in [6.07, 6.45) is 5.98. The maximum absolute atomic E-state index is 11.4. The summed E-state index contributed by atoms with van der Waals surface area (Å²) in [7, 11) is 0. The van der Waals surface area contributed by atoms with Crippen molar-refractivity contribution in [1.29, 1.82) is 0 Å². The number of piperidine rings is 1. The molecule has 0 bridgehead atoms. The third-order valence-electron chi connectivity index (χ3n) is 5.23. The van der Waals surface area contributed by atoms with Gasteiger partial charge in [0, 0.05) is 29.7 Å². The third kappa shape index (κ3) is 5.20. The van der Waals surface area contributed by atoms with Gasteiger partial charge >= 0.3 is 5.97 Å². The molecule has 3 rings (SSSR count). The quantitative estimate of drug-likeness (QED) is 0.245. The lowest BCUT2D eigenvalue weighted by molar-refractivity contribution is 0.0696. The average Bonchev–Trinajstić information content (AvgIpc) is 2.78. The van der Waals surface area contributed by atoms with Crippen LogP contribution >= 0.6 is 11.9 Å². The van der Waals surface area contributed by atoms with Crippen LogP contribution in [0.4, 0.5) is 11.4 Å². The van der Waals surface area contributed by atoms with Crippen molar-refractivity contribution in [3.05, 3.63) is 59.3 Å². The molecule has 1 aliphatic rings. The molecule has 0 spiro atoms. The minimum absolute atomic E-state index is 0.280. The minimum Gasteiger partial charge on any atom is -0.478 e. The predicted molar refractivity (Wildman–Crippen MR) is 124 cm³/mol. The van der Waals surface area contributed by atoms with Gasteiger partial charge in [-0.05, 0) is 67.5 Å². The molecule has 2 aromatic rings. The molecule has 1 aliphatic heterocycles. The normalized spacial score (nSPS) is 14.5. The number of rotatable bonds is 8. The van der Waals surface area contributed by atoms with E-state index in [2.05, 4.69) is 28.0 Å². The number of nitrogens with zero attached hydrogens (tertiary/aromatic N) is 1. The van der Waals surface area contributed by atoms with E-state index < -0.39 is 5.97 Å². The van der Waals surface area contributed by atoms with Crippen molar-refractivity contribution in [2.45, 2.75) is 37.5 Å². The Labute approximate surface area is 181 Å². The highest BCUT2D eigenvalue weighted by atomic mass is 32.2. The first-order valence-electron chi connectivity index (χ1n) is 10.1. The maximum atomic E-state index is 11.4. The summed E-state index contributed by atoms with van der Waals surface area (Å²) in [5.74, 6) is 4.45. The number of hydrazine groups is 1. The summed E-state index contributed by atoms with van der Waals surface area (Å²) >= 11 is 1.43. The molecule has 0 unspecified atom stereocenters. The second-order valence-corrected chi connectivity index (χ2v) is 8.08. The first-order chi connectivity index (χ1) is 14.5. The van der Waals surface area contributed by atoms with Crippen molar-refractivity contribution < 1.29 is 9.90 Å². The van der Waals surface area contributed by atoms with Crippen LogP contribution < -0.4 is 26.6 Å². The molecule has 2 aromatic carbocycles. The van der Waals surface area contributed by atoms with Gasteiger partial charge in [-0.1, -0.05) is 19.1 Å². The lowest BCUT2D eigenvalue weighted by atomic mass is 10.1. The molecular weight excluding hydrogens is 398 g/mol. The lowest BCUT2D eigenvalue weighted by Crippen LogP contribution is -2.29. The molecule has 1 heterocycles. The van der Waals surface area contributed by atoms with Crippen LogP contribution in [0.15, 0.2) is 47.5 Å². The Bertz CT molecular complexity index is 926. The van der Waals surface area contributed by atoms with Gasteiger partial charge in [0.2, 0.25) is 0 Å². The Hall–Kier alpha value is -2.84. The van der Waals surface area contributed by atoms with Gasteiger partial charge in [-0.25, -0.2) is 4.79 Å². The number of hydrogen-bond acceptors (Lipinski definition) is 7. The number of nitrogens with two attached hydrogens (primary N) is 2. The number of aryl methyl sites for hydroxylation is 1. The van der Waals surface area contributed by atoms with Crippen LogP contribution in [0.2, 0.25) is 0 Å². The number of nitrogens with one attached hydrogen (secondary N) is 2. The molecule has 0 saturated carbocycles. The number of hydrogen-bond donors (Lipinski definition) is 5. The van der Waals surface area contributed by atoms with Crippen LogP contribution in [0.5, 0.6) is 0 Å². The van der Waals surface area contributed by atoms with Gasteiger partial charge in [-0.15, -0.1) is 0 Å². The van der Waals surface area contributed by atoms with Crippen molar-refractivity contribution in [2.24, 2.45) is 11.6 Å². The van der Waals surface area contributed by atoms with E-state index in [1.165, 1.54) is 31.2 Å². The fraction of sp³-hybridized carbons (Fsp3) is 0.318. The van der Waals surface area contributed by atoms with Gasteiger partial charge in [0.05, 0.1) is 22.6 Å². The Kier molecular flexibility index (Phi) is 7.48. The van der Waals surface area contributed by atoms with Crippen molar-refractivity contribution in [3.8, 4) is 0 Å². The molecule has 1 saturated heterocycles. The van der Waals surface area contributed by atoms with Crippen LogP contribution in [0.3, 0.4) is 0 Å². The number of carboxylic acids is 1. The highest BCUT2D eigenvalue weighted by molar-refractivity contribution is 8.00. The second kappa shape index (κ2) is 10.3. The van der Waals surface area contributed by atoms with Crippen LogP contribution in [0, 0.1) is 0 Å². The smallest absolute Gasteiger partial charge is 0.335 e. The fourth-order valence-corrected chi connectivity index (χ4v) is 4.48. The molecule has 30 heavy (non-hydrogen) atoms. The van der Waals surface area contributed by atoms with E-state index in [1.54, 1.807) is 18.3 Å². The van der Waals surface area contributed by atoms with Gasteiger partial charge in [-0.3, -0.25) is 5.84 Å². The largest absolute Gasteiger partial charge is 0.478 e. The highest BCUT2D eigenvalue weighted by Crippen LogP contribution is 2.35. The predicted octanol–water partition coefficient (Wildman–Crippen LogP) is 3.78. The number of anilines is 2. The monoisotopic (exact) mass is 427 g/mol. The summed E-state index contributed by atoms with van der Waals surface area (Å²) in [4.78, 5) is 14.7. The van der Waals surface area contributed by atoms with Crippen molar-refractivity contribution in [3.63, 3.8) is 0 Å². The SMILES string of the molecule is CCc1ccc(C(=O)O)cc1SNc1cc(/C(N)=C/NN)ccc1N1CCCCC1. The van der Waals surface area contributed by atoms with E-state index in [1.807, 2.05) is 18.2 Å². The average molecular weight is 428 g/mol. The molecule has 0 aliphatic carbocycles. The van der Waals surface area contributed by atoms with Crippen LogP contribution in [-0.4, -0.2) is 24.2 Å². The standard InChI is InChI=1S/C22H29N5O2S/c1-2-15-6-7-17(22(28)29)13-21(15)30-26-19-12-16(18(23)14-25-24)8-9-20(19)27-10-4-3-5-11-27/h6-9,12-14,25-26H,2-5,10-11,23-24H2,1H3,(H,28,29)/b18-14-. The molecule has 0 aromatic heterocycles. The summed E-state index contributed by atoms with van der Waals surface area (Å²) in [6, 6.07) is 11.3.